The number of pyridine rings is 1. The predicted octanol–water partition coefficient (Wildman–Crippen LogP) is 6.06. The summed E-state index contributed by atoms with van der Waals surface area (Å²) in [5, 5.41) is 31.8. The molecule has 1 unspecified atom stereocenters. The van der Waals surface area contributed by atoms with Crippen LogP contribution < -0.4 is 5.32 Å². The second kappa shape index (κ2) is 10.7. The van der Waals surface area contributed by atoms with Crippen molar-refractivity contribution in [2.24, 2.45) is 5.41 Å². The molecule has 2 aromatic heterocycles. The van der Waals surface area contributed by atoms with Crippen molar-refractivity contribution in [1.29, 1.82) is 0 Å². The van der Waals surface area contributed by atoms with E-state index in [4.69, 9.17) is 0 Å². The highest BCUT2D eigenvalue weighted by Crippen LogP contribution is 2.42. The van der Waals surface area contributed by atoms with Gasteiger partial charge in [-0.2, -0.15) is 17.6 Å². The molecule has 0 aliphatic rings. The summed E-state index contributed by atoms with van der Waals surface area (Å²) in [6, 6.07) is 4.81. The van der Waals surface area contributed by atoms with Crippen molar-refractivity contribution in [2.75, 3.05) is 0 Å². The highest BCUT2D eigenvalue weighted by molar-refractivity contribution is 7.14. The summed E-state index contributed by atoms with van der Waals surface area (Å²) in [5.41, 5.74) is -1.43. The fourth-order valence-electron chi connectivity index (χ4n) is 3.75. The first-order valence-corrected chi connectivity index (χ1v) is 11.8. The van der Waals surface area contributed by atoms with Crippen LogP contribution in [-0.4, -0.2) is 37.3 Å². The Balaban J connectivity index is 1.87. The highest BCUT2D eigenvalue weighted by Gasteiger charge is 2.34. The van der Waals surface area contributed by atoms with Gasteiger partial charge >= 0.3 is 18.0 Å². The van der Waals surface area contributed by atoms with Gasteiger partial charge in [0.05, 0.1) is 4.92 Å². The molecule has 1 amide bonds. The number of carboxylic acid groups (broad SMARTS) is 1. The van der Waals surface area contributed by atoms with E-state index >= 15 is 0 Å². The first-order chi connectivity index (χ1) is 17.1. The molecule has 0 aliphatic carbocycles. The van der Waals surface area contributed by atoms with Crippen molar-refractivity contribution in [2.45, 2.75) is 51.7 Å². The third kappa shape index (κ3) is 7.18. The van der Waals surface area contributed by atoms with Gasteiger partial charge in [-0.1, -0.05) is 38.2 Å². The molecule has 1 aromatic carbocycles. The topological polar surface area (TPSA) is 131 Å². The summed E-state index contributed by atoms with van der Waals surface area (Å²) in [6.07, 6.45) is -4.49. The van der Waals surface area contributed by atoms with Crippen LogP contribution in [0.3, 0.4) is 0 Å². The number of benzene rings is 1. The minimum atomic E-state index is -4.59. The van der Waals surface area contributed by atoms with Crippen LogP contribution in [-0.2, 0) is 12.6 Å². The van der Waals surface area contributed by atoms with E-state index in [9.17, 15) is 37.6 Å². The Morgan fingerprint density at radius 3 is 2.41 bits per heavy atom. The van der Waals surface area contributed by atoms with Crippen molar-refractivity contribution in [3.05, 3.63) is 68.7 Å². The Kier molecular flexibility index (Phi) is 8.10. The molecule has 2 heterocycles. The number of nitrogens with one attached hydrogen (secondary N) is 1. The van der Waals surface area contributed by atoms with E-state index in [2.05, 4.69) is 20.5 Å². The number of hydrogen-bond donors (Lipinski definition) is 2. The number of hydrogen-bond acceptors (Lipinski definition) is 7. The molecular formula is C23H23F4N5O4S. The molecule has 0 spiro atoms. The zero-order valence-electron chi connectivity index (χ0n) is 19.9. The van der Waals surface area contributed by atoms with E-state index in [0.29, 0.717) is 21.1 Å². The van der Waals surface area contributed by atoms with Gasteiger partial charge in [0.25, 0.3) is 0 Å². The van der Waals surface area contributed by atoms with Crippen LogP contribution in [0.25, 0.3) is 10.6 Å². The molecule has 3 aromatic rings. The van der Waals surface area contributed by atoms with Crippen LogP contribution in [0.5, 0.6) is 0 Å². The monoisotopic (exact) mass is 541 g/mol. The van der Waals surface area contributed by atoms with Gasteiger partial charge in [0.2, 0.25) is 5.82 Å². The lowest BCUT2D eigenvalue weighted by atomic mass is 9.77. The van der Waals surface area contributed by atoms with Gasteiger partial charge in [-0.05, 0) is 42.0 Å². The van der Waals surface area contributed by atoms with Crippen molar-refractivity contribution in [3.63, 3.8) is 0 Å². The molecule has 37 heavy (non-hydrogen) atoms. The number of nitrogens with zero attached hydrogens (tertiary/aromatic N) is 4. The molecule has 3 rings (SSSR count). The second-order valence-corrected chi connectivity index (χ2v) is 10.4. The Bertz CT molecular complexity index is 1280. The molecule has 198 valence electrons. The lowest BCUT2D eigenvalue weighted by Crippen LogP contribution is -2.38. The predicted molar refractivity (Wildman–Crippen MR) is 127 cm³/mol. The summed E-state index contributed by atoms with van der Waals surface area (Å²) in [5.74, 6) is -1.36. The number of amides is 1. The molecule has 0 radical (unpaired) electrons. The van der Waals surface area contributed by atoms with E-state index in [1.165, 1.54) is 12.1 Å². The molecule has 2 N–H and O–H groups in total. The number of halogens is 4. The summed E-state index contributed by atoms with van der Waals surface area (Å²) in [7, 11) is 0. The van der Waals surface area contributed by atoms with Crippen LogP contribution in [0.2, 0.25) is 0 Å². The van der Waals surface area contributed by atoms with Crippen LogP contribution in [0.4, 0.5) is 28.0 Å². The van der Waals surface area contributed by atoms with E-state index < -0.39 is 45.8 Å². The Labute approximate surface area is 212 Å². The molecule has 9 nitrogen and oxygen atoms in total. The van der Waals surface area contributed by atoms with Crippen LogP contribution in [0.1, 0.15) is 49.4 Å². The van der Waals surface area contributed by atoms with Crippen molar-refractivity contribution in [3.8, 4) is 10.6 Å². The molecule has 14 heteroatoms. The maximum Gasteiger partial charge on any atom is 0.433 e. The number of alkyl halides is 3. The van der Waals surface area contributed by atoms with Gasteiger partial charge in [0.1, 0.15) is 15.7 Å². The zero-order valence-corrected chi connectivity index (χ0v) is 20.7. The molecule has 2 atom stereocenters. The number of nitro benzene ring substituents is 1. The fraction of sp³-hybridized carbons (Fsp3) is 0.391. The van der Waals surface area contributed by atoms with E-state index in [0.717, 1.165) is 35.7 Å². The second-order valence-electron chi connectivity index (χ2n) is 9.42. The van der Waals surface area contributed by atoms with Crippen molar-refractivity contribution < 1.29 is 32.4 Å². The smallest absolute Gasteiger partial charge is 0.433 e. The molecule has 0 aliphatic heterocycles. The van der Waals surface area contributed by atoms with Crippen LogP contribution in [0.15, 0.2) is 36.5 Å². The average Bonchev–Trinajstić information content (AvgIpc) is 3.25. The normalized spacial score (nSPS) is 13.7. The maximum absolute atomic E-state index is 14.1. The zero-order chi connectivity index (χ0) is 27.5. The van der Waals surface area contributed by atoms with Gasteiger partial charge < -0.3 is 10.4 Å². The summed E-state index contributed by atoms with van der Waals surface area (Å²) < 4.78 is 52.6. The lowest BCUT2D eigenvalue weighted by Gasteiger charge is -2.32. The van der Waals surface area contributed by atoms with E-state index in [1.807, 2.05) is 20.8 Å². The van der Waals surface area contributed by atoms with E-state index in [-0.39, 0.29) is 18.8 Å². The van der Waals surface area contributed by atoms with Crippen LogP contribution >= 0.6 is 11.3 Å². The minimum Gasteiger partial charge on any atom is -0.465 e. The molecule has 0 bridgehead atoms. The van der Waals surface area contributed by atoms with Crippen molar-refractivity contribution in [1.82, 2.24) is 20.5 Å². The SMILES string of the molecule is CC(C)(C)[C@@H](CC(Cc1ccc(C(F)(F)F)nc1)NC(=O)O)c1nnc(-c2ccc([N+](=O)[O-])c(F)c2)s1. The van der Waals surface area contributed by atoms with Crippen molar-refractivity contribution >= 4 is 23.1 Å². The lowest BCUT2D eigenvalue weighted by molar-refractivity contribution is -0.387. The number of carbonyl (C=O) groups is 1. The highest BCUT2D eigenvalue weighted by atomic mass is 32.1. The summed E-state index contributed by atoms with van der Waals surface area (Å²) >= 11 is 1.14. The minimum absolute atomic E-state index is 0.0865. The molecular weight excluding hydrogens is 518 g/mol. The molecule has 0 fully saturated rings. The van der Waals surface area contributed by atoms with Crippen LogP contribution in [0, 0.1) is 21.3 Å². The van der Waals surface area contributed by atoms with Gasteiger partial charge in [-0.15, -0.1) is 10.2 Å². The quantitative estimate of drug-likeness (QED) is 0.201. The summed E-state index contributed by atoms with van der Waals surface area (Å²) in [4.78, 5) is 25.0. The Hall–Kier alpha value is -3.68. The standard InChI is InChI=1S/C23H23F4N5O4S/c1-22(2,3)15(20-31-30-19(37-20)13-5-6-17(32(35)36)16(24)9-13)10-14(29-21(33)34)8-12-4-7-18(28-11-12)23(25,26)27/h4-7,9,11,14-15,29H,8,10H2,1-3H3,(H,33,34)/t14?,15-/m0/s1. The number of rotatable bonds is 8. The summed E-state index contributed by atoms with van der Waals surface area (Å²) in [6.45, 7) is 5.76. The average molecular weight is 542 g/mol. The third-order valence-electron chi connectivity index (χ3n) is 5.62. The molecule has 0 saturated carbocycles. The van der Waals surface area contributed by atoms with Gasteiger partial charge in [0, 0.05) is 29.8 Å². The molecule has 0 saturated heterocycles. The van der Waals surface area contributed by atoms with E-state index in [1.54, 1.807) is 0 Å². The number of aromatic nitrogens is 3. The third-order valence-corrected chi connectivity index (χ3v) is 6.71. The first-order valence-electron chi connectivity index (χ1n) is 10.9. The fourth-order valence-corrected chi connectivity index (χ4v) is 4.95. The van der Waals surface area contributed by atoms with Gasteiger partial charge in [0.15, 0.2) is 0 Å². The Morgan fingerprint density at radius 2 is 1.89 bits per heavy atom. The largest absolute Gasteiger partial charge is 0.465 e. The first kappa shape index (κ1) is 27.9. The Morgan fingerprint density at radius 1 is 1.19 bits per heavy atom. The van der Waals surface area contributed by atoms with Gasteiger partial charge in [-0.3, -0.25) is 15.1 Å². The maximum atomic E-state index is 14.1. The van der Waals surface area contributed by atoms with Gasteiger partial charge in [-0.25, -0.2) is 4.79 Å². The number of nitro groups is 1.